The van der Waals surface area contributed by atoms with E-state index in [4.69, 9.17) is 46.4 Å². The molecule has 0 aliphatic carbocycles. The minimum absolute atomic E-state index is 0.106. The maximum Gasteiger partial charge on any atom is 0.237 e. The van der Waals surface area contributed by atoms with E-state index in [1.54, 1.807) is 60.5 Å². The van der Waals surface area contributed by atoms with Gasteiger partial charge in [0.15, 0.2) is 5.78 Å². The van der Waals surface area contributed by atoms with Gasteiger partial charge in [0.2, 0.25) is 5.91 Å². The molecule has 1 heterocycles. The third kappa shape index (κ3) is 5.45. The van der Waals surface area contributed by atoms with Gasteiger partial charge in [-0.05, 0) is 54.6 Å². The van der Waals surface area contributed by atoms with Crippen molar-refractivity contribution >= 4 is 70.2 Å². The molecule has 0 aromatic heterocycles. The van der Waals surface area contributed by atoms with Crippen molar-refractivity contribution < 1.29 is 9.59 Å². The summed E-state index contributed by atoms with van der Waals surface area (Å²) in [7, 11) is 1.70. The number of halogens is 4. The molecule has 1 N–H and O–H groups in total. The SMILES string of the molecule is CNCC(=O)N1C/C(=C\c2ccc(Cl)c(Cl)c2)C(=O)/C(=C/c2ccc(Cl)c(Cl)c2)C1. The minimum atomic E-state index is -0.138. The lowest BCUT2D eigenvalue weighted by atomic mass is 9.94. The number of nitrogens with one attached hydrogen (secondary N) is 1. The van der Waals surface area contributed by atoms with Crippen molar-refractivity contribution in [3.63, 3.8) is 0 Å². The molecule has 3 rings (SSSR count). The number of carbonyl (C=O) groups is 2. The van der Waals surface area contributed by atoms with Crippen molar-refractivity contribution in [2.24, 2.45) is 0 Å². The summed E-state index contributed by atoms with van der Waals surface area (Å²) in [4.78, 5) is 27.3. The van der Waals surface area contributed by atoms with E-state index in [-0.39, 0.29) is 31.3 Å². The van der Waals surface area contributed by atoms with Crippen LogP contribution < -0.4 is 5.32 Å². The lowest BCUT2D eigenvalue weighted by Gasteiger charge is -2.30. The van der Waals surface area contributed by atoms with Gasteiger partial charge < -0.3 is 10.2 Å². The number of nitrogens with zero attached hydrogens (tertiary/aromatic N) is 1. The van der Waals surface area contributed by atoms with E-state index < -0.39 is 0 Å². The Balaban J connectivity index is 2.01. The molecule has 0 spiro atoms. The highest BCUT2D eigenvalue weighted by Gasteiger charge is 2.28. The average Bonchev–Trinajstić information content (AvgIpc) is 2.70. The fourth-order valence-electron chi connectivity index (χ4n) is 3.09. The summed E-state index contributed by atoms with van der Waals surface area (Å²) in [6.45, 7) is 0.588. The molecule has 30 heavy (non-hydrogen) atoms. The van der Waals surface area contributed by atoms with Gasteiger partial charge in [-0.25, -0.2) is 0 Å². The number of Topliss-reactive ketones (excluding diaryl/α,β-unsaturated/α-hetero) is 1. The quantitative estimate of drug-likeness (QED) is 0.592. The third-order valence-corrected chi connectivity index (χ3v) is 6.03. The van der Waals surface area contributed by atoms with Crippen LogP contribution in [0.1, 0.15) is 11.1 Å². The largest absolute Gasteiger partial charge is 0.333 e. The first-order chi connectivity index (χ1) is 14.3. The molecule has 0 saturated carbocycles. The van der Waals surface area contributed by atoms with E-state index in [0.29, 0.717) is 31.2 Å². The van der Waals surface area contributed by atoms with Gasteiger partial charge in [-0.2, -0.15) is 0 Å². The summed E-state index contributed by atoms with van der Waals surface area (Å²) in [6.07, 6.45) is 3.46. The Morgan fingerprint density at radius 2 is 1.37 bits per heavy atom. The molecule has 8 heteroatoms. The fourth-order valence-corrected chi connectivity index (χ4v) is 3.70. The maximum atomic E-state index is 13.2. The van der Waals surface area contributed by atoms with Crippen LogP contribution >= 0.6 is 46.4 Å². The number of ketones is 1. The fraction of sp³-hybridized carbons (Fsp3) is 0.182. The molecule has 0 atom stereocenters. The molecule has 4 nitrogen and oxygen atoms in total. The van der Waals surface area contributed by atoms with E-state index >= 15 is 0 Å². The van der Waals surface area contributed by atoms with Gasteiger partial charge in [0.05, 0.1) is 26.6 Å². The second-order valence-corrected chi connectivity index (χ2v) is 8.42. The highest BCUT2D eigenvalue weighted by Crippen LogP contribution is 2.28. The standard InChI is InChI=1S/C22H18Cl4N2O2/c1-27-10-21(29)28-11-15(6-13-2-4-17(23)19(25)8-13)22(30)16(12-28)7-14-3-5-18(24)20(26)9-14/h2-9,27H,10-12H2,1H3/b15-6+,16-7+. The van der Waals surface area contributed by atoms with Crippen LogP contribution in [0.15, 0.2) is 47.5 Å². The first-order valence-corrected chi connectivity index (χ1v) is 10.6. The third-order valence-electron chi connectivity index (χ3n) is 4.56. The van der Waals surface area contributed by atoms with Crippen LogP contribution in [0.4, 0.5) is 0 Å². The molecule has 1 aliphatic heterocycles. The van der Waals surface area contributed by atoms with Crippen LogP contribution in [0.25, 0.3) is 12.2 Å². The summed E-state index contributed by atoms with van der Waals surface area (Å²) in [6, 6.07) is 10.2. The monoisotopic (exact) mass is 482 g/mol. The van der Waals surface area contributed by atoms with Gasteiger partial charge in [0.1, 0.15) is 0 Å². The zero-order chi connectivity index (χ0) is 21.8. The molecule has 2 aromatic rings. The summed E-state index contributed by atoms with van der Waals surface area (Å²) < 4.78 is 0. The number of rotatable bonds is 4. The van der Waals surface area contributed by atoms with Gasteiger partial charge in [-0.15, -0.1) is 0 Å². The summed E-state index contributed by atoms with van der Waals surface area (Å²) in [5, 5.41) is 4.50. The molecule has 2 aromatic carbocycles. The van der Waals surface area contributed by atoms with Crippen LogP contribution in [0, 0.1) is 0 Å². The molecular weight excluding hydrogens is 466 g/mol. The van der Waals surface area contributed by atoms with Crippen LogP contribution in [-0.2, 0) is 9.59 Å². The van der Waals surface area contributed by atoms with Crippen LogP contribution in [-0.4, -0.2) is 43.3 Å². The molecule has 0 radical (unpaired) electrons. The second-order valence-electron chi connectivity index (χ2n) is 6.80. The van der Waals surface area contributed by atoms with Gasteiger partial charge in [0, 0.05) is 24.2 Å². The molecule has 156 valence electrons. The van der Waals surface area contributed by atoms with Crippen LogP contribution in [0.3, 0.4) is 0 Å². The first-order valence-electron chi connectivity index (χ1n) is 9.07. The van der Waals surface area contributed by atoms with Crippen LogP contribution in [0.5, 0.6) is 0 Å². The molecule has 1 fully saturated rings. The Kier molecular flexibility index (Phi) is 7.61. The number of piperidine rings is 1. The van der Waals surface area contributed by atoms with E-state index in [2.05, 4.69) is 5.32 Å². The summed E-state index contributed by atoms with van der Waals surface area (Å²) in [5.74, 6) is -0.245. The lowest BCUT2D eigenvalue weighted by Crippen LogP contribution is -2.44. The van der Waals surface area contributed by atoms with Gasteiger partial charge >= 0.3 is 0 Å². The van der Waals surface area contributed by atoms with E-state index in [1.165, 1.54) is 0 Å². The number of likely N-dealkylation sites (N-methyl/N-ethyl adjacent to an activating group) is 1. The smallest absolute Gasteiger partial charge is 0.237 e. The second kappa shape index (κ2) is 9.99. The molecule has 1 saturated heterocycles. The lowest BCUT2D eigenvalue weighted by molar-refractivity contribution is -0.130. The summed E-state index contributed by atoms with van der Waals surface area (Å²) in [5.41, 5.74) is 2.42. The minimum Gasteiger partial charge on any atom is -0.333 e. The molecule has 0 bridgehead atoms. The zero-order valence-electron chi connectivity index (χ0n) is 16.0. The predicted molar refractivity (Wildman–Crippen MR) is 124 cm³/mol. The van der Waals surface area contributed by atoms with Crippen molar-refractivity contribution in [2.75, 3.05) is 26.7 Å². The highest BCUT2D eigenvalue weighted by molar-refractivity contribution is 6.42. The normalized spacial score (nSPS) is 17.1. The Labute approximate surface area is 195 Å². The van der Waals surface area contributed by atoms with Gasteiger partial charge in [-0.1, -0.05) is 58.5 Å². The van der Waals surface area contributed by atoms with Crippen molar-refractivity contribution in [3.8, 4) is 0 Å². The number of likely N-dealkylation sites (tertiary alicyclic amines) is 1. The number of benzene rings is 2. The van der Waals surface area contributed by atoms with E-state index in [1.807, 2.05) is 0 Å². The van der Waals surface area contributed by atoms with Crippen LogP contribution in [0.2, 0.25) is 20.1 Å². The Hall–Kier alpha value is -1.82. The van der Waals surface area contributed by atoms with Gasteiger partial charge in [-0.3, -0.25) is 9.59 Å². The van der Waals surface area contributed by atoms with Crippen molar-refractivity contribution in [1.82, 2.24) is 10.2 Å². The topological polar surface area (TPSA) is 49.4 Å². The molecule has 1 aliphatic rings. The first kappa shape index (κ1) is 22.9. The molecular formula is C22H18Cl4N2O2. The van der Waals surface area contributed by atoms with Crippen molar-refractivity contribution in [2.45, 2.75) is 0 Å². The van der Waals surface area contributed by atoms with Crippen molar-refractivity contribution in [3.05, 3.63) is 78.8 Å². The highest BCUT2D eigenvalue weighted by atomic mass is 35.5. The number of hydrogen-bond donors (Lipinski definition) is 1. The Morgan fingerprint density at radius 3 is 1.77 bits per heavy atom. The number of amides is 1. The average molecular weight is 484 g/mol. The van der Waals surface area contributed by atoms with E-state index in [0.717, 1.165) is 11.1 Å². The number of hydrogen-bond acceptors (Lipinski definition) is 3. The molecule has 1 amide bonds. The maximum absolute atomic E-state index is 13.2. The Bertz CT molecular complexity index is 990. The zero-order valence-corrected chi connectivity index (χ0v) is 19.0. The van der Waals surface area contributed by atoms with Crippen molar-refractivity contribution in [1.29, 1.82) is 0 Å². The molecule has 0 unspecified atom stereocenters. The predicted octanol–water partition coefficient (Wildman–Crippen LogP) is 5.40. The number of carbonyl (C=O) groups excluding carboxylic acids is 2. The Morgan fingerprint density at radius 1 is 0.900 bits per heavy atom. The van der Waals surface area contributed by atoms with Gasteiger partial charge in [0.25, 0.3) is 0 Å². The van der Waals surface area contributed by atoms with E-state index in [9.17, 15) is 9.59 Å². The summed E-state index contributed by atoms with van der Waals surface area (Å²) >= 11 is 24.2.